The van der Waals surface area contributed by atoms with Gasteiger partial charge in [0.25, 0.3) is 11.8 Å². The van der Waals surface area contributed by atoms with E-state index in [4.69, 9.17) is 15.2 Å². The molecule has 1 aliphatic heterocycles. The molecule has 1 aliphatic rings. The molecule has 5 rings (SSSR count). The molecule has 0 bridgehead atoms. The molecule has 0 saturated carbocycles. The topological polar surface area (TPSA) is 135 Å². The summed E-state index contributed by atoms with van der Waals surface area (Å²) in [5, 5.41) is 12.4. The van der Waals surface area contributed by atoms with Gasteiger partial charge in [-0.15, -0.1) is 0 Å². The average Bonchev–Trinajstić information content (AvgIpc) is 3.21. The predicted molar refractivity (Wildman–Crippen MR) is 153 cm³/mol. The molecule has 3 N–H and O–H groups in total. The van der Waals surface area contributed by atoms with E-state index in [0.29, 0.717) is 34.9 Å². The second-order valence-electron chi connectivity index (χ2n) is 9.35. The molecule has 0 fully saturated rings. The molecule has 0 spiro atoms. The van der Waals surface area contributed by atoms with Gasteiger partial charge in [0.2, 0.25) is 0 Å². The molecule has 1 heterocycles. The number of nitrogens with one attached hydrogen (secondary N) is 1. The minimum atomic E-state index is -0.874. The molecule has 0 atom stereocenters. The van der Waals surface area contributed by atoms with Crippen LogP contribution in [0.25, 0.3) is 11.1 Å². The highest BCUT2D eigenvalue weighted by Gasteiger charge is 2.38. The van der Waals surface area contributed by atoms with Crippen LogP contribution in [0.2, 0.25) is 0 Å². The highest BCUT2D eigenvalue weighted by molar-refractivity contribution is 6.35. The first-order valence-corrected chi connectivity index (χ1v) is 12.9. The summed E-state index contributed by atoms with van der Waals surface area (Å²) < 4.78 is 10.9. The van der Waals surface area contributed by atoms with Crippen molar-refractivity contribution in [1.29, 1.82) is 5.26 Å². The number of amides is 3. The number of rotatable bonds is 9. The Labute approximate surface area is 236 Å². The second kappa shape index (κ2) is 11.7. The Morgan fingerprint density at radius 3 is 2.39 bits per heavy atom. The predicted octanol–water partition coefficient (Wildman–Crippen LogP) is 5.31. The first-order chi connectivity index (χ1) is 19.9. The lowest BCUT2D eigenvalue weighted by molar-refractivity contribution is 0.0925. The summed E-state index contributed by atoms with van der Waals surface area (Å²) in [5.41, 5.74) is 9.70. The summed E-state index contributed by atoms with van der Waals surface area (Å²) in [6, 6.07) is 27.2. The zero-order valence-electron chi connectivity index (χ0n) is 22.2. The maximum absolute atomic E-state index is 13.7. The number of nitrogens with zero attached hydrogens (tertiary/aromatic N) is 2. The molecule has 41 heavy (non-hydrogen) atoms. The number of hydrogen-bond donors (Lipinski definition) is 2. The van der Waals surface area contributed by atoms with Crippen LogP contribution in [0.3, 0.4) is 0 Å². The molecule has 0 aromatic heterocycles. The fraction of sp³-hybridized carbons (Fsp3) is 0.125. The number of hydrogen-bond acceptors (Lipinski definition) is 7. The van der Waals surface area contributed by atoms with Gasteiger partial charge in [-0.05, 0) is 60.0 Å². The number of anilines is 1. The van der Waals surface area contributed by atoms with Crippen LogP contribution in [-0.4, -0.2) is 31.1 Å². The Hall–Kier alpha value is -5.46. The van der Waals surface area contributed by atoms with Crippen molar-refractivity contribution in [1.82, 2.24) is 5.32 Å². The molecule has 0 aliphatic carbocycles. The van der Waals surface area contributed by atoms with Gasteiger partial charge in [0.15, 0.2) is 0 Å². The van der Waals surface area contributed by atoms with Gasteiger partial charge in [-0.25, -0.2) is 9.69 Å². The third-order valence-corrected chi connectivity index (χ3v) is 6.73. The molecule has 0 saturated heterocycles. The highest BCUT2D eigenvalue weighted by Crippen LogP contribution is 2.38. The zero-order chi connectivity index (χ0) is 28.9. The molecule has 4 aromatic carbocycles. The van der Waals surface area contributed by atoms with E-state index < -0.39 is 17.9 Å². The Morgan fingerprint density at radius 2 is 1.66 bits per heavy atom. The van der Waals surface area contributed by atoms with E-state index in [1.54, 1.807) is 42.5 Å². The lowest BCUT2D eigenvalue weighted by atomic mass is 9.99. The van der Waals surface area contributed by atoms with Gasteiger partial charge in [0.1, 0.15) is 18.1 Å². The number of nitrogens with two attached hydrogens (primary N) is 1. The summed E-state index contributed by atoms with van der Waals surface area (Å²) in [4.78, 5) is 39.5. The number of primary amides is 1. The Bertz CT molecular complexity index is 1690. The van der Waals surface area contributed by atoms with Crippen LogP contribution in [0.1, 0.15) is 37.4 Å². The van der Waals surface area contributed by atoms with Crippen LogP contribution in [0.15, 0.2) is 84.9 Å². The fourth-order valence-corrected chi connectivity index (χ4v) is 4.76. The van der Waals surface area contributed by atoms with Gasteiger partial charge in [0.05, 0.1) is 28.4 Å². The van der Waals surface area contributed by atoms with E-state index in [-0.39, 0.29) is 24.3 Å². The third-order valence-electron chi connectivity index (χ3n) is 6.73. The lowest BCUT2D eigenvalue weighted by Crippen LogP contribution is -2.30. The molecular weight excluding hydrogens is 520 g/mol. The van der Waals surface area contributed by atoms with Crippen molar-refractivity contribution in [3.8, 4) is 28.7 Å². The number of imide groups is 1. The normalized spacial score (nSPS) is 12.1. The quantitative estimate of drug-likeness (QED) is 0.215. The van der Waals surface area contributed by atoms with E-state index in [0.717, 1.165) is 16.7 Å². The first-order valence-electron chi connectivity index (χ1n) is 12.9. The van der Waals surface area contributed by atoms with Crippen molar-refractivity contribution < 1.29 is 23.9 Å². The van der Waals surface area contributed by atoms with Crippen LogP contribution in [-0.2, 0) is 11.3 Å². The number of carbonyl (C=O) groups excluding carboxylic acids is 3. The maximum Gasteiger partial charge on any atom is 0.404 e. The van der Waals surface area contributed by atoms with Crippen molar-refractivity contribution >= 4 is 23.6 Å². The summed E-state index contributed by atoms with van der Waals surface area (Å²) in [5.74, 6) is -0.139. The monoisotopic (exact) mass is 546 g/mol. The standard InChI is InChI=1S/C32H26N4O5/c1-20-25(22-8-3-2-4-9-22)11-6-12-28(20)36-30(37)26-16-23(19-35-13-14-40-32(34)39)29(17-27(26)31(36)38)41-24-10-5-7-21(15-24)18-33/h2-12,15-17,35H,13-14,19H2,1H3,(H2,34,39). The zero-order valence-corrected chi connectivity index (χ0v) is 22.2. The Kier molecular flexibility index (Phi) is 7.76. The average molecular weight is 547 g/mol. The number of carbonyl (C=O) groups is 3. The number of fused-ring (bicyclic) bond motifs is 1. The van der Waals surface area contributed by atoms with Crippen molar-refractivity contribution in [3.05, 3.63) is 113 Å². The van der Waals surface area contributed by atoms with Crippen molar-refractivity contribution in [2.75, 3.05) is 18.1 Å². The summed E-state index contributed by atoms with van der Waals surface area (Å²) in [6.45, 7) is 2.49. The van der Waals surface area contributed by atoms with E-state index in [1.807, 2.05) is 49.4 Å². The van der Waals surface area contributed by atoms with Crippen LogP contribution < -0.4 is 20.7 Å². The summed E-state index contributed by atoms with van der Waals surface area (Å²) in [7, 11) is 0. The minimum Gasteiger partial charge on any atom is -0.457 e. The van der Waals surface area contributed by atoms with Crippen molar-refractivity contribution in [3.63, 3.8) is 0 Å². The molecule has 0 unspecified atom stereocenters. The fourth-order valence-electron chi connectivity index (χ4n) is 4.76. The molecular formula is C32H26N4O5. The highest BCUT2D eigenvalue weighted by atomic mass is 16.5. The van der Waals surface area contributed by atoms with E-state index in [2.05, 4.69) is 11.4 Å². The summed E-state index contributed by atoms with van der Waals surface area (Å²) in [6.07, 6.45) is -0.874. The lowest BCUT2D eigenvalue weighted by Gasteiger charge is -2.19. The molecule has 0 radical (unpaired) electrons. The summed E-state index contributed by atoms with van der Waals surface area (Å²) >= 11 is 0. The van der Waals surface area contributed by atoms with E-state index in [9.17, 15) is 19.6 Å². The SMILES string of the molecule is Cc1c(-c2ccccc2)cccc1N1C(=O)c2cc(CNCCOC(N)=O)c(Oc3cccc(C#N)c3)cc2C1=O. The molecule has 9 heteroatoms. The van der Waals surface area contributed by atoms with Crippen LogP contribution in [0.5, 0.6) is 11.5 Å². The van der Waals surface area contributed by atoms with Crippen LogP contribution in [0.4, 0.5) is 10.5 Å². The van der Waals surface area contributed by atoms with Gasteiger partial charge >= 0.3 is 6.09 Å². The second-order valence-corrected chi connectivity index (χ2v) is 9.35. The Morgan fingerprint density at radius 1 is 0.927 bits per heavy atom. The Balaban J connectivity index is 1.50. The van der Waals surface area contributed by atoms with Gasteiger partial charge < -0.3 is 20.5 Å². The van der Waals surface area contributed by atoms with Gasteiger partial charge in [-0.3, -0.25) is 9.59 Å². The van der Waals surface area contributed by atoms with E-state index >= 15 is 0 Å². The smallest absolute Gasteiger partial charge is 0.404 e. The van der Waals surface area contributed by atoms with Crippen molar-refractivity contribution in [2.45, 2.75) is 13.5 Å². The minimum absolute atomic E-state index is 0.0584. The number of nitriles is 1. The molecule has 204 valence electrons. The van der Waals surface area contributed by atoms with Gasteiger partial charge in [-0.1, -0.05) is 48.5 Å². The van der Waals surface area contributed by atoms with Gasteiger partial charge in [0, 0.05) is 18.7 Å². The number of ether oxygens (including phenoxy) is 2. The van der Waals surface area contributed by atoms with Crippen LogP contribution >= 0.6 is 0 Å². The molecule has 3 amide bonds. The largest absolute Gasteiger partial charge is 0.457 e. The maximum atomic E-state index is 13.7. The molecule has 9 nitrogen and oxygen atoms in total. The first kappa shape index (κ1) is 27.1. The number of benzene rings is 4. The van der Waals surface area contributed by atoms with Crippen LogP contribution in [0, 0.1) is 18.3 Å². The van der Waals surface area contributed by atoms with Gasteiger partial charge in [-0.2, -0.15) is 5.26 Å². The molecule has 4 aromatic rings. The third kappa shape index (κ3) is 5.64. The van der Waals surface area contributed by atoms with Crippen molar-refractivity contribution in [2.24, 2.45) is 5.73 Å². The van der Waals surface area contributed by atoms with E-state index in [1.165, 1.54) is 4.90 Å².